The van der Waals surface area contributed by atoms with E-state index in [1.54, 1.807) is 30.6 Å². The summed E-state index contributed by atoms with van der Waals surface area (Å²) in [6, 6.07) is 14.9. The van der Waals surface area contributed by atoms with Gasteiger partial charge in [0, 0.05) is 17.3 Å². The topological polar surface area (TPSA) is 103 Å². The van der Waals surface area contributed by atoms with Crippen molar-refractivity contribution in [2.24, 2.45) is 0 Å². The molecule has 0 saturated heterocycles. The second-order valence-corrected chi connectivity index (χ2v) is 11.4. The number of amides is 1. The van der Waals surface area contributed by atoms with Crippen molar-refractivity contribution >= 4 is 90.7 Å². The number of thiazole rings is 2. The van der Waals surface area contributed by atoms with Gasteiger partial charge in [-0.15, -0.1) is 11.3 Å². The highest BCUT2D eigenvalue weighted by molar-refractivity contribution is 7.99. The van der Waals surface area contributed by atoms with Gasteiger partial charge in [0.1, 0.15) is 4.70 Å². The Bertz CT molecular complexity index is 1870. The number of hydrogen-bond donors (Lipinski definition) is 1. The van der Waals surface area contributed by atoms with E-state index in [1.807, 2.05) is 45.4 Å². The Morgan fingerprint density at radius 2 is 1.92 bits per heavy atom. The molecule has 190 valence electrons. The number of aromatic nitrogens is 5. The van der Waals surface area contributed by atoms with Crippen LogP contribution in [0.3, 0.4) is 0 Å². The quantitative estimate of drug-likeness (QED) is 0.107. The second kappa shape index (κ2) is 10.3. The lowest BCUT2D eigenvalue weighted by molar-refractivity contribution is -0.113. The van der Waals surface area contributed by atoms with Crippen LogP contribution in [-0.2, 0) is 9.53 Å². The number of nitrogens with zero attached hydrogens (tertiary/aromatic N) is 5. The Balaban J connectivity index is 1.47. The van der Waals surface area contributed by atoms with Gasteiger partial charge in [-0.05, 0) is 55.5 Å². The van der Waals surface area contributed by atoms with Crippen LogP contribution in [0.25, 0.3) is 32.7 Å². The lowest BCUT2D eigenvalue weighted by Crippen LogP contribution is -2.14. The van der Waals surface area contributed by atoms with Gasteiger partial charge in [-0.25, -0.2) is 19.7 Å². The molecule has 38 heavy (non-hydrogen) atoms. The Hall–Kier alpha value is -3.65. The summed E-state index contributed by atoms with van der Waals surface area (Å²) in [5.41, 5.74) is 4.29. The molecular formula is C25H18N6O3S4. The van der Waals surface area contributed by atoms with Crippen LogP contribution in [-0.4, -0.2) is 48.2 Å². The summed E-state index contributed by atoms with van der Waals surface area (Å²) in [6.07, 6.45) is 1.64. The van der Waals surface area contributed by atoms with Crippen LogP contribution in [0, 0.1) is 3.95 Å². The van der Waals surface area contributed by atoms with Gasteiger partial charge < -0.3 is 10.1 Å². The Morgan fingerprint density at radius 1 is 1.11 bits per heavy atom. The van der Waals surface area contributed by atoms with Gasteiger partial charge in [0.15, 0.2) is 25.5 Å². The number of carbonyl (C=O) groups is 2. The molecule has 4 aromatic heterocycles. The highest BCUT2D eigenvalue weighted by Gasteiger charge is 2.20. The van der Waals surface area contributed by atoms with Crippen LogP contribution in [0.5, 0.6) is 0 Å². The maximum absolute atomic E-state index is 12.6. The molecule has 0 aliphatic carbocycles. The number of carbonyl (C=O) groups excluding carboxylic acids is 2. The normalized spacial score (nSPS) is 11.4. The zero-order chi connectivity index (χ0) is 26.2. The fourth-order valence-electron chi connectivity index (χ4n) is 3.98. The number of para-hydroxylation sites is 2. The number of thioether (sulfide) groups is 1. The van der Waals surface area contributed by atoms with E-state index >= 15 is 0 Å². The molecule has 1 amide bonds. The van der Waals surface area contributed by atoms with Crippen LogP contribution in [0.15, 0.2) is 65.3 Å². The van der Waals surface area contributed by atoms with E-state index < -0.39 is 0 Å². The van der Waals surface area contributed by atoms with Crippen molar-refractivity contribution in [2.45, 2.75) is 12.1 Å². The van der Waals surface area contributed by atoms with Crippen molar-refractivity contribution in [3.05, 3.63) is 69.6 Å². The number of nitrogens with one attached hydrogen (secondary N) is 1. The highest BCUT2D eigenvalue weighted by atomic mass is 32.2. The Kier molecular flexibility index (Phi) is 6.66. The summed E-state index contributed by atoms with van der Waals surface area (Å²) in [6.45, 7) is 2.08. The number of ether oxygens (including phenoxy) is 1. The molecule has 0 unspecified atom stereocenters. The maximum Gasteiger partial charge on any atom is 0.338 e. The van der Waals surface area contributed by atoms with Crippen molar-refractivity contribution in [1.82, 2.24) is 23.9 Å². The lowest BCUT2D eigenvalue weighted by atomic mass is 10.2. The minimum Gasteiger partial charge on any atom is -0.462 e. The van der Waals surface area contributed by atoms with E-state index in [9.17, 15) is 9.59 Å². The van der Waals surface area contributed by atoms with Gasteiger partial charge in [-0.3, -0.25) is 13.8 Å². The third kappa shape index (κ3) is 4.47. The number of esters is 1. The summed E-state index contributed by atoms with van der Waals surface area (Å²) < 4.78 is 10.4. The molecule has 1 N–H and O–H groups in total. The molecule has 0 bridgehead atoms. The lowest BCUT2D eigenvalue weighted by Gasteiger charge is -2.09. The minimum absolute atomic E-state index is 0.138. The number of hydrogen-bond acceptors (Lipinski definition) is 10. The summed E-state index contributed by atoms with van der Waals surface area (Å²) in [4.78, 5) is 38.7. The molecule has 0 fully saturated rings. The third-order valence-electron chi connectivity index (χ3n) is 5.59. The van der Waals surface area contributed by atoms with Gasteiger partial charge in [-0.1, -0.05) is 35.2 Å². The van der Waals surface area contributed by atoms with E-state index in [-0.39, 0.29) is 17.6 Å². The molecule has 6 aromatic rings. The number of fused-ring (bicyclic) bond motifs is 5. The first-order valence-electron chi connectivity index (χ1n) is 11.5. The summed E-state index contributed by atoms with van der Waals surface area (Å²) in [7, 11) is 0. The monoisotopic (exact) mass is 578 g/mol. The molecule has 0 aliphatic rings. The highest BCUT2D eigenvalue weighted by Crippen LogP contribution is 2.34. The molecule has 9 nitrogen and oxygen atoms in total. The maximum atomic E-state index is 12.6. The first kappa shape index (κ1) is 24.7. The van der Waals surface area contributed by atoms with Crippen molar-refractivity contribution in [1.29, 1.82) is 0 Å². The Labute approximate surface area is 233 Å². The van der Waals surface area contributed by atoms with E-state index in [0.29, 0.717) is 32.1 Å². The molecule has 0 radical (unpaired) electrons. The van der Waals surface area contributed by atoms with Crippen LogP contribution in [0.4, 0.5) is 5.13 Å². The third-order valence-corrected chi connectivity index (χ3v) is 8.58. The van der Waals surface area contributed by atoms with Gasteiger partial charge in [0.05, 0.1) is 29.0 Å². The summed E-state index contributed by atoms with van der Waals surface area (Å²) in [5.74, 6) is -0.420. The van der Waals surface area contributed by atoms with E-state index in [1.165, 1.54) is 34.4 Å². The van der Waals surface area contributed by atoms with Crippen LogP contribution < -0.4 is 5.32 Å². The average molecular weight is 579 g/mol. The smallest absolute Gasteiger partial charge is 0.338 e. The van der Waals surface area contributed by atoms with E-state index in [4.69, 9.17) is 26.9 Å². The molecular weight excluding hydrogens is 561 g/mol. The molecule has 0 atom stereocenters. The molecule has 6 rings (SSSR count). The molecule has 0 saturated carbocycles. The van der Waals surface area contributed by atoms with Gasteiger partial charge >= 0.3 is 5.97 Å². The largest absolute Gasteiger partial charge is 0.462 e. The summed E-state index contributed by atoms with van der Waals surface area (Å²) >= 11 is 9.85. The fraction of sp³-hybridized carbons (Fsp3) is 0.120. The number of benzene rings is 2. The van der Waals surface area contributed by atoms with Crippen LogP contribution in [0.2, 0.25) is 0 Å². The van der Waals surface area contributed by atoms with Crippen molar-refractivity contribution < 1.29 is 14.3 Å². The SMILES string of the molecule is CCOC(=O)c1ccc(-n2c(=S)sc3c2nc(SCC(=O)Nc2nccs2)n2c4ccccc4nc32)cc1. The number of imidazole rings is 1. The van der Waals surface area contributed by atoms with Crippen LogP contribution >= 0.6 is 46.7 Å². The fourth-order valence-corrected chi connectivity index (χ4v) is 6.68. The van der Waals surface area contributed by atoms with E-state index in [2.05, 4.69) is 10.3 Å². The molecule has 0 spiro atoms. The minimum atomic E-state index is -0.378. The first-order valence-corrected chi connectivity index (χ1v) is 14.5. The zero-order valence-corrected chi connectivity index (χ0v) is 23.0. The molecule has 0 aliphatic heterocycles. The first-order chi connectivity index (χ1) is 18.5. The van der Waals surface area contributed by atoms with Gasteiger partial charge in [0.2, 0.25) is 5.91 Å². The van der Waals surface area contributed by atoms with Crippen LogP contribution in [0.1, 0.15) is 17.3 Å². The zero-order valence-electron chi connectivity index (χ0n) is 19.8. The van der Waals surface area contributed by atoms with Gasteiger partial charge in [0.25, 0.3) is 0 Å². The second-order valence-electron chi connectivity index (χ2n) is 7.95. The van der Waals surface area contributed by atoms with E-state index in [0.717, 1.165) is 27.1 Å². The predicted octanol–water partition coefficient (Wildman–Crippen LogP) is 5.98. The molecule has 2 aromatic carbocycles. The number of rotatable bonds is 7. The van der Waals surface area contributed by atoms with Crippen molar-refractivity contribution in [3.8, 4) is 5.69 Å². The number of anilines is 1. The predicted molar refractivity (Wildman–Crippen MR) is 153 cm³/mol. The van der Waals surface area contributed by atoms with Crippen molar-refractivity contribution in [2.75, 3.05) is 17.7 Å². The average Bonchev–Trinajstić information content (AvgIpc) is 3.64. The van der Waals surface area contributed by atoms with Gasteiger partial charge in [-0.2, -0.15) is 0 Å². The van der Waals surface area contributed by atoms with Crippen molar-refractivity contribution in [3.63, 3.8) is 0 Å². The standard InChI is InChI=1S/C25H18N6O3S4/c1-2-34-22(33)14-7-9-15(10-8-14)30-21-19(38-25(30)35)20-27-16-5-3-4-6-17(16)31(20)24(29-21)37-13-18(32)28-23-26-11-12-36-23/h3-12H,2,13H2,1H3,(H,26,28,32). The molecule has 13 heteroatoms. The summed E-state index contributed by atoms with van der Waals surface area (Å²) in [5, 5.41) is 5.78. The Morgan fingerprint density at radius 3 is 2.68 bits per heavy atom. The molecule has 4 heterocycles.